The van der Waals surface area contributed by atoms with Crippen LogP contribution in [0.4, 0.5) is 4.79 Å². The molecule has 3 atom stereocenters. The van der Waals surface area contributed by atoms with Gasteiger partial charge in [0.25, 0.3) is 0 Å². The fraction of sp³-hybridized carbons (Fsp3) is 0.464. The summed E-state index contributed by atoms with van der Waals surface area (Å²) in [5.74, 6) is -1.06. The van der Waals surface area contributed by atoms with Gasteiger partial charge < -0.3 is 20.5 Å². The van der Waals surface area contributed by atoms with E-state index >= 15 is 0 Å². The summed E-state index contributed by atoms with van der Waals surface area (Å²) >= 11 is 0. The summed E-state index contributed by atoms with van der Waals surface area (Å²) in [5, 5.41) is 15.0. The van der Waals surface area contributed by atoms with Gasteiger partial charge in [0.05, 0.1) is 6.42 Å². The Kier molecular flexibility index (Phi) is 8.06. The molecular formula is C28H34N2O5. The van der Waals surface area contributed by atoms with E-state index in [1.165, 1.54) is 11.1 Å². The smallest absolute Gasteiger partial charge is 0.407 e. The second kappa shape index (κ2) is 11.4. The molecule has 0 aliphatic heterocycles. The fourth-order valence-electron chi connectivity index (χ4n) is 5.46. The lowest BCUT2D eigenvalue weighted by Gasteiger charge is -2.31. The van der Waals surface area contributed by atoms with E-state index in [0.29, 0.717) is 6.42 Å². The molecule has 1 fully saturated rings. The van der Waals surface area contributed by atoms with Crippen LogP contribution in [-0.4, -0.2) is 41.8 Å². The average molecular weight is 479 g/mol. The molecule has 2 aromatic carbocycles. The van der Waals surface area contributed by atoms with Gasteiger partial charge >= 0.3 is 12.1 Å². The van der Waals surface area contributed by atoms with E-state index in [4.69, 9.17) is 9.84 Å². The molecular weight excluding hydrogens is 444 g/mol. The Balaban J connectivity index is 1.30. The van der Waals surface area contributed by atoms with Crippen LogP contribution in [0.5, 0.6) is 0 Å². The molecule has 0 bridgehead atoms. The highest BCUT2D eigenvalue weighted by Gasteiger charge is 2.30. The average Bonchev–Trinajstić information content (AvgIpc) is 3.17. The van der Waals surface area contributed by atoms with E-state index in [9.17, 15) is 14.4 Å². The van der Waals surface area contributed by atoms with Crippen LogP contribution in [0.15, 0.2) is 48.5 Å². The highest BCUT2D eigenvalue weighted by molar-refractivity contribution is 5.80. The van der Waals surface area contributed by atoms with Crippen LogP contribution < -0.4 is 10.6 Å². The Hall–Kier alpha value is -3.35. The standard InChI is InChI=1S/C28H34N2O5/c1-2-19(16-26(31)30-25-14-8-3-9-18(25)15-27(32)33)29-28(34)35-17-24-22-12-6-4-10-20(22)21-11-5-7-13-23(21)24/h4-7,10-13,18-19,24-25H,2-3,8-9,14-17H2,1H3,(H,29,34)(H,30,31)(H,32,33)/t18-,19?,25-/m1/s1. The number of amides is 2. The van der Waals surface area contributed by atoms with Crippen LogP contribution in [0.3, 0.4) is 0 Å². The van der Waals surface area contributed by atoms with Crippen molar-refractivity contribution in [3.05, 3.63) is 59.7 Å². The number of aliphatic carboxylic acids is 1. The third kappa shape index (κ3) is 6.02. The summed E-state index contributed by atoms with van der Waals surface area (Å²) in [6.45, 7) is 2.14. The zero-order valence-corrected chi connectivity index (χ0v) is 20.2. The molecule has 0 saturated heterocycles. The van der Waals surface area contributed by atoms with Gasteiger partial charge in [0.15, 0.2) is 0 Å². The van der Waals surface area contributed by atoms with Crippen molar-refractivity contribution in [1.29, 1.82) is 0 Å². The number of alkyl carbamates (subject to hydrolysis) is 1. The molecule has 0 spiro atoms. The minimum Gasteiger partial charge on any atom is -0.481 e. The molecule has 2 aromatic rings. The Labute approximate surface area is 206 Å². The van der Waals surface area contributed by atoms with Gasteiger partial charge in [0.1, 0.15) is 6.61 Å². The molecule has 0 heterocycles. The summed E-state index contributed by atoms with van der Waals surface area (Å²) in [4.78, 5) is 36.5. The summed E-state index contributed by atoms with van der Waals surface area (Å²) in [5.41, 5.74) is 4.64. The zero-order chi connectivity index (χ0) is 24.8. The SMILES string of the molecule is CCC(CC(=O)N[C@@H]1CCCC[C@@H]1CC(=O)O)NC(=O)OCC1c2ccccc2-c2ccccc21. The van der Waals surface area contributed by atoms with Gasteiger partial charge in [-0.25, -0.2) is 4.79 Å². The molecule has 7 nitrogen and oxygen atoms in total. The highest BCUT2D eigenvalue weighted by atomic mass is 16.5. The van der Waals surface area contributed by atoms with E-state index in [-0.39, 0.29) is 49.3 Å². The van der Waals surface area contributed by atoms with Crippen molar-refractivity contribution in [3.8, 4) is 11.1 Å². The molecule has 3 N–H and O–H groups in total. The maximum atomic E-state index is 12.7. The number of carboxylic acids is 1. The number of benzene rings is 2. The monoisotopic (exact) mass is 478 g/mol. The Morgan fingerprint density at radius 1 is 1.00 bits per heavy atom. The third-order valence-electron chi connectivity index (χ3n) is 7.28. The van der Waals surface area contributed by atoms with Crippen molar-refractivity contribution in [3.63, 3.8) is 0 Å². The maximum absolute atomic E-state index is 12.7. The second-order valence-electron chi connectivity index (χ2n) is 9.60. The number of hydrogen-bond acceptors (Lipinski definition) is 4. The van der Waals surface area contributed by atoms with Crippen LogP contribution >= 0.6 is 0 Å². The predicted molar refractivity (Wildman–Crippen MR) is 133 cm³/mol. The molecule has 2 amide bonds. The van der Waals surface area contributed by atoms with Crippen molar-refractivity contribution in [2.24, 2.45) is 5.92 Å². The summed E-state index contributed by atoms with van der Waals surface area (Å²) in [6, 6.07) is 15.9. The van der Waals surface area contributed by atoms with E-state index in [1.807, 2.05) is 31.2 Å². The molecule has 4 rings (SSSR count). The second-order valence-corrected chi connectivity index (χ2v) is 9.60. The Morgan fingerprint density at radius 2 is 1.63 bits per heavy atom. The van der Waals surface area contributed by atoms with Gasteiger partial charge in [0, 0.05) is 24.4 Å². The number of rotatable bonds is 9. The number of fused-ring (bicyclic) bond motifs is 3. The highest BCUT2D eigenvalue weighted by Crippen LogP contribution is 2.44. The van der Waals surface area contributed by atoms with Gasteiger partial charge in [-0.05, 0) is 47.4 Å². The molecule has 1 unspecified atom stereocenters. The molecule has 2 aliphatic rings. The Morgan fingerprint density at radius 3 is 2.26 bits per heavy atom. The first-order valence-corrected chi connectivity index (χ1v) is 12.6. The van der Waals surface area contributed by atoms with Crippen LogP contribution in [0, 0.1) is 5.92 Å². The van der Waals surface area contributed by atoms with Gasteiger partial charge in [-0.15, -0.1) is 0 Å². The first-order chi connectivity index (χ1) is 17.0. The number of carbonyl (C=O) groups is 3. The molecule has 0 radical (unpaired) electrons. The van der Waals surface area contributed by atoms with Gasteiger partial charge in [-0.1, -0.05) is 68.3 Å². The van der Waals surface area contributed by atoms with Crippen LogP contribution in [0.25, 0.3) is 11.1 Å². The molecule has 7 heteroatoms. The summed E-state index contributed by atoms with van der Waals surface area (Å²) < 4.78 is 5.62. The lowest BCUT2D eigenvalue weighted by Crippen LogP contribution is -2.45. The summed E-state index contributed by atoms with van der Waals surface area (Å²) in [6.07, 6.45) is 3.83. The van der Waals surface area contributed by atoms with E-state index < -0.39 is 12.1 Å². The number of hydrogen-bond donors (Lipinski definition) is 3. The van der Waals surface area contributed by atoms with E-state index in [1.54, 1.807) is 0 Å². The van der Waals surface area contributed by atoms with Crippen molar-refractivity contribution >= 4 is 18.0 Å². The lowest BCUT2D eigenvalue weighted by atomic mass is 9.82. The normalized spacial score (nSPS) is 19.8. The van der Waals surface area contributed by atoms with Gasteiger partial charge in [-0.2, -0.15) is 0 Å². The molecule has 35 heavy (non-hydrogen) atoms. The molecule has 2 aliphatic carbocycles. The largest absolute Gasteiger partial charge is 0.481 e. The topological polar surface area (TPSA) is 105 Å². The number of carboxylic acid groups (broad SMARTS) is 1. The Bertz CT molecular complexity index is 1020. The minimum atomic E-state index is -0.834. The van der Waals surface area contributed by atoms with Gasteiger partial charge in [0.2, 0.25) is 5.91 Å². The van der Waals surface area contributed by atoms with Crippen molar-refractivity contribution in [1.82, 2.24) is 10.6 Å². The fourth-order valence-corrected chi connectivity index (χ4v) is 5.46. The first-order valence-electron chi connectivity index (χ1n) is 12.6. The molecule has 1 saturated carbocycles. The van der Waals surface area contributed by atoms with Crippen LogP contribution in [0.2, 0.25) is 0 Å². The quantitative estimate of drug-likeness (QED) is 0.478. The van der Waals surface area contributed by atoms with Crippen molar-refractivity contribution in [2.45, 2.75) is 69.9 Å². The van der Waals surface area contributed by atoms with Crippen molar-refractivity contribution < 1.29 is 24.2 Å². The maximum Gasteiger partial charge on any atom is 0.407 e. The number of carbonyl (C=O) groups excluding carboxylic acids is 2. The predicted octanol–water partition coefficient (Wildman–Crippen LogP) is 4.84. The van der Waals surface area contributed by atoms with Crippen LogP contribution in [-0.2, 0) is 14.3 Å². The van der Waals surface area contributed by atoms with E-state index in [0.717, 1.165) is 36.8 Å². The number of nitrogens with one attached hydrogen (secondary N) is 2. The molecule has 0 aromatic heterocycles. The summed E-state index contributed by atoms with van der Waals surface area (Å²) in [7, 11) is 0. The third-order valence-corrected chi connectivity index (χ3v) is 7.28. The van der Waals surface area contributed by atoms with E-state index in [2.05, 4.69) is 34.9 Å². The van der Waals surface area contributed by atoms with Crippen molar-refractivity contribution in [2.75, 3.05) is 6.61 Å². The molecule has 186 valence electrons. The van der Waals surface area contributed by atoms with Crippen LogP contribution in [0.1, 0.15) is 68.9 Å². The minimum absolute atomic E-state index is 0.0194. The van der Waals surface area contributed by atoms with Gasteiger partial charge in [-0.3, -0.25) is 9.59 Å². The number of ether oxygens (including phenoxy) is 1. The zero-order valence-electron chi connectivity index (χ0n) is 20.2. The first kappa shape index (κ1) is 24.8. The lowest BCUT2D eigenvalue weighted by molar-refractivity contribution is -0.139.